The predicted molar refractivity (Wildman–Crippen MR) is 110 cm³/mol. The van der Waals surface area contributed by atoms with Gasteiger partial charge in [0.05, 0.1) is 17.9 Å². The highest BCUT2D eigenvalue weighted by molar-refractivity contribution is 6.01. The van der Waals surface area contributed by atoms with Crippen LogP contribution in [0, 0.1) is 18.3 Å². The molecule has 0 amide bonds. The van der Waals surface area contributed by atoms with E-state index in [0.29, 0.717) is 35.6 Å². The maximum Gasteiger partial charge on any atom is 0.340 e. The van der Waals surface area contributed by atoms with E-state index < -0.39 is 11.9 Å². The lowest BCUT2D eigenvalue weighted by molar-refractivity contribution is -0.137. The molecule has 0 unspecified atom stereocenters. The Morgan fingerprint density at radius 3 is 2.55 bits per heavy atom. The standard InChI is InChI=1S/C22H25N3O4/c1-3-29-22(28)19-15(2)25-21(24-13-9-5-8-12-18(26)27)17(14-23)20(19)16-10-6-4-7-11-16/h4,6-7,10-11H,3,5,8-9,12-13H2,1-2H3,(H,24,25)(H,26,27). The Labute approximate surface area is 170 Å². The molecule has 0 radical (unpaired) electrons. The molecule has 0 aliphatic rings. The molecule has 2 rings (SSSR count). The molecule has 2 N–H and O–H groups in total. The van der Waals surface area contributed by atoms with E-state index in [2.05, 4.69) is 16.4 Å². The van der Waals surface area contributed by atoms with Gasteiger partial charge in [0.25, 0.3) is 0 Å². The zero-order chi connectivity index (χ0) is 21.2. The summed E-state index contributed by atoms with van der Waals surface area (Å²) in [6, 6.07) is 11.4. The Balaban J connectivity index is 2.36. The summed E-state index contributed by atoms with van der Waals surface area (Å²) < 4.78 is 5.20. The third-order valence-corrected chi connectivity index (χ3v) is 4.39. The van der Waals surface area contributed by atoms with Gasteiger partial charge in [-0.3, -0.25) is 4.79 Å². The number of benzene rings is 1. The topological polar surface area (TPSA) is 112 Å². The van der Waals surface area contributed by atoms with Crippen molar-refractivity contribution in [2.45, 2.75) is 39.5 Å². The normalized spacial score (nSPS) is 10.2. The van der Waals surface area contributed by atoms with Crippen molar-refractivity contribution in [2.75, 3.05) is 18.5 Å². The first-order valence-corrected chi connectivity index (χ1v) is 9.62. The second-order valence-electron chi connectivity index (χ2n) is 6.50. The van der Waals surface area contributed by atoms with Gasteiger partial charge < -0.3 is 15.2 Å². The summed E-state index contributed by atoms with van der Waals surface area (Å²) in [6.45, 7) is 4.23. The van der Waals surface area contributed by atoms with Crippen molar-refractivity contribution in [2.24, 2.45) is 0 Å². The van der Waals surface area contributed by atoms with Gasteiger partial charge in [-0.1, -0.05) is 36.8 Å². The lowest BCUT2D eigenvalue weighted by atomic mass is 9.94. The van der Waals surface area contributed by atoms with Crippen molar-refractivity contribution in [3.05, 3.63) is 47.2 Å². The number of aromatic nitrogens is 1. The first kappa shape index (κ1) is 21.9. The second-order valence-corrected chi connectivity index (χ2v) is 6.50. The van der Waals surface area contributed by atoms with Crippen LogP contribution in [-0.4, -0.2) is 35.2 Å². The molecule has 7 nitrogen and oxygen atoms in total. The minimum atomic E-state index is -0.802. The predicted octanol–water partition coefficient (Wildman–Crippen LogP) is 4.16. The summed E-state index contributed by atoms with van der Waals surface area (Å²) in [7, 11) is 0. The van der Waals surface area contributed by atoms with E-state index in [0.717, 1.165) is 18.4 Å². The fraction of sp³-hybridized carbons (Fsp3) is 0.364. The number of esters is 1. The quantitative estimate of drug-likeness (QED) is 0.459. The van der Waals surface area contributed by atoms with Crippen molar-refractivity contribution in [1.29, 1.82) is 5.26 Å². The van der Waals surface area contributed by atoms with Crippen molar-refractivity contribution in [3.8, 4) is 17.2 Å². The van der Waals surface area contributed by atoms with Gasteiger partial charge in [0.1, 0.15) is 17.5 Å². The van der Waals surface area contributed by atoms with Gasteiger partial charge in [-0.2, -0.15) is 5.26 Å². The maximum atomic E-state index is 12.6. The van der Waals surface area contributed by atoms with Crippen LogP contribution in [0.15, 0.2) is 30.3 Å². The molecule has 0 spiro atoms. The Morgan fingerprint density at radius 2 is 1.93 bits per heavy atom. The van der Waals surface area contributed by atoms with E-state index in [-0.39, 0.29) is 18.6 Å². The SMILES string of the molecule is CCOC(=O)c1c(C)nc(NCCCCCC(=O)O)c(C#N)c1-c1ccccc1. The minimum Gasteiger partial charge on any atom is -0.481 e. The molecule has 2 aromatic rings. The molecular formula is C22H25N3O4. The number of rotatable bonds is 10. The highest BCUT2D eigenvalue weighted by Gasteiger charge is 2.24. The minimum absolute atomic E-state index is 0.146. The van der Waals surface area contributed by atoms with Crippen LogP contribution < -0.4 is 5.32 Å². The number of ether oxygens (including phenoxy) is 1. The molecular weight excluding hydrogens is 370 g/mol. The van der Waals surface area contributed by atoms with Crippen LogP contribution in [0.1, 0.15) is 54.2 Å². The largest absolute Gasteiger partial charge is 0.481 e. The van der Waals surface area contributed by atoms with Gasteiger partial charge in [-0.25, -0.2) is 9.78 Å². The number of carbonyl (C=O) groups excluding carboxylic acids is 1. The smallest absolute Gasteiger partial charge is 0.340 e. The van der Waals surface area contributed by atoms with Gasteiger partial charge in [0.2, 0.25) is 0 Å². The Morgan fingerprint density at radius 1 is 1.21 bits per heavy atom. The number of nitriles is 1. The zero-order valence-corrected chi connectivity index (χ0v) is 16.7. The van der Waals surface area contributed by atoms with Crippen LogP contribution in [0.4, 0.5) is 5.82 Å². The summed E-state index contributed by atoms with van der Waals surface area (Å²) in [6.07, 6.45) is 2.25. The van der Waals surface area contributed by atoms with Gasteiger partial charge in [0, 0.05) is 18.5 Å². The van der Waals surface area contributed by atoms with E-state index in [9.17, 15) is 14.9 Å². The maximum absolute atomic E-state index is 12.6. The molecule has 0 atom stereocenters. The number of carboxylic acids is 1. The Kier molecular flexibility index (Phi) is 8.16. The lowest BCUT2D eigenvalue weighted by Crippen LogP contribution is -2.14. The number of carbonyl (C=O) groups is 2. The van der Waals surface area contributed by atoms with Crippen LogP contribution in [0.2, 0.25) is 0 Å². The number of nitrogens with zero attached hydrogens (tertiary/aromatic N) is 2. The molecule has 152 valence electrons. The Hall–Kier alpha value is -3.40. The molecule has 0 aliphatic heterocycles. The summed E-state index contributed by atoms with van der Waals surface area (Å²) in [5.74, 6) is -0.896. The average Bonchev–Trinajstić information content (AvgIpc) is 2.70. The molecule has 29 heavy (non-hydrogen) atoms. The van der Waals surface area contributed by atoms with Gasteiger partial charge >= 0.3 is 11.9 Å². The van der Waals surface area contributed by atoms with E-state index >= 15 is 0 Å². The molecule has 0 fully saturated rings. The lowest BCUT2D eigenvalue weighted by Gasteiger charge is -2.17. The number of aliphatic carboxylic acids is 1. The molecule has 0 saturated carbocycles. The molecule has 0 bridgehead atoms. The van der Waals surface area contributed by atoms with Crippen LogP contribution in [0.5, 0.6) is 0 Å². The van der Waals surface area contributed by atoms with Crippen LogP contribution in [0.3, 0.4) is 0 Å². The van der Waals surface area contributed by atoms with Crippen LogP contribution >= 0.6 is 0 Å². The number of pyridine rings is 1. The number of hydrogen-bond acceptors (Lipinski definition) is 6. The van der Waals surface area contributed by atoms with E-state index in [4.69, 9.17) is 9.84 Å². The first-order chi connectivity index (χ1) is 14.0. The highest BCUT2D eigenvalue weighted by atomic mass is 16.5. The van der Waals surface area contributed by atoms with Crippen molar-refractivity contribution in [1.82, 2.24) is 4.98 Å². The Bertz CT molecular complexity index is 905. The van der Waals surface area contributed by atoms with E-state index in [1.54, 1.807) is 13.8 Å². The van der Waals surface area contributed by atoms with Crippen molar-refractivity contribution >= 4 is 17.8 Å². The summed E-state index contributed by atoms with van der Waals surface area (Å²) in [4.78, 5) is 27.6. The molecule has 7 heteroatoms. The second kappa shape index (κ2) is 10.8. The number of hydrogen-bond donors (Lipinski definition) is 2. The highest BCUT2D eigenvalue weighted by Crippen LogP contribution is 2.33. The monoisotopic (exact) mass is 395 g/mol. The van der Waals surface area contributed by atoms with Crippen LogP contribution in [0.25, 0.3) is 11.1 Å². The number of carboxylic acid groups (broad SMARTS) is 1. The van der Waals surface area contributed by atoms with E-state index in [1.807, 2.05) is 30.3 Å². The molecule has 1 aromatic carbocycles. The number of aryl methyl sites for hydroxylation is 1. The average molecular weight is 395 g/mol. The van der Waals surface area contributed by atoms with E-state index in [1.165, 1.54) is 0 Å². The van der Waals surface area contributed by atoms with Gasteiger partial charge in [-0.15, -0.1) is 0 Å². The molecule has 1 aromatic heterocycles. The summed E-state index contributed by atoms with van der Waals surface area (Å²) in [5.41, 5.74) is 2.31. The number of anilines is 1. The van der Waals surface area contributed by atoms with Gasteiger partial charge in [0.15, 0.2) is 0 Å². The third kappa shape index (κ3) is 5.79. The van der Waals surface area contributed by atoms with Crippen molar-refractivity contribution < 1.29 is 19.4 Å². The first-order valence-electron chi connectivity index (χ1n) is 9.62. The molecule has 1 heterocycles. The fourth-order valence-electron chi connectivity index (χ4n) is 3.07. The molecule has 0 aliphatic carbocycles. The van der Waals surface area contributed by atoms with Gasteiger partial charge in [-0.05, 0) is 32.3 Å². The number of nitrogens with one attached hydrogen (secondary N) is 1. The van der Waals surface area contributed by atoms with Crippen molar-refractivity contribution in [3.63, 3.8) is 0 Å². The summed E-state index contributed by atoms with van der Waals surface area (Å²) in [5, 5.41) is 21.7. The fourth-order valence-corrected chi connectivity index (χ4v) is 3.07. The number of unbranched alkanes of at least 4 members (excludes halogenated alkanes) is 2. The zero-order valence-electron chi connectivity index (χ0n) is 16.7. The summed E-state index contributed by atoms with van der Waals surface area (Å²) >= 11 is 0. The molecule has 0 saturated heterocycles. The van der Waals surface area contributed by atoms with Crippen LogP contribution in [-0.2, 0) is 9.53 Å². The third-order valence-electron chi connectivity index (χ3n) is 4.39.